The van der Waals surface area contributed by atoms with Crippen molar-refractivity contribution in [2.75, 3.05) is 7.11 Å². The zero-order valence-electron chi connectivity index (χ0n) is 25.6. The second-order valence-corrected chi connectivity index (χ2v) is 13.3. The molecular formula is C29H38NNa2O9P. The first-order valence-electron chi connectivity index (χ1n) is 13.6. The van der Waals surface area contributed by atoms with Crippen LogP contribution >= 0.6 is 7.82 Å². The number of hydrogen-bond donors (Lipinski definition) is 1. The Morgan fingerprint density at radius 1 is 1.12 bits per heavy atom. The van der Waals surface area contributed by atoms with Gasteiger partial charge in [0.1, 0.15) is 17.6 Å². The van der Waals surface area contributed by atoms with Crippen LogP contribution in [0.1, 0.15) is 70.2 Å². The zero-order chi connectivity index (χ0) is 29.7. The standard InChI is InChI=1S/C29H40NO9P.2Na/c1-7-27(4)16-22(38-26(33)30-25(32)19-8-10-20(37-6)11-9-19)28(5)17(2)12-14-29(15-13-21(31)23(28)29)18(3)24(27)39-40(34,35)36;;/h7-11,17-18,22-24H,1,12-16H2,2-6H3,(H,30,32,33)(H2,34,35,36);;/q;2*+1/p-2/t17-,18+,22-,23-,24+,27-,28+,29+;;/m1../s1. The predicted molar refractivity (Wildman–Crippen MR) is 142 cm³/mol. The Labute approximate surface area is 291 Å². The average molecular weight is 622 g/mol. The molecule has 0 spiro atoms. The van der Waals surface area contributed by atoms with Crippen LogP contribution in [0.2, 0.25) is 0 Å². The van der Waals surface area contributed by atoms with Crippen LogP contribution in [0.4, 0.5) is 4.79 Å². The maximum Gasteiger partial charge on any atom is 1.00 e. The van der Waals surface area contributed by atoms with Crippen molar-refractivity contribution in [3.63, 3.8) is 0 Å². The first-order chi connectivity index (χ1) is 18.6. The quantitative estimate of drug-likeness (QED) is 0.212. The van der Waals surface area contributed by atoms with Crippen LogP contribution in [0.25, 0.3) is 0 Å². The number of carbonyl (C=O) groups excluding carboxylic acids is 3. The molecule has 1 aromatic carbocycles. The molecule has 1 N–H and O–H groups in total. The van der Waals surface area contributed by atoms with Gasteiger partial charge in [-0.1, -0.05) is 33.8 Å². The van der Waals surface area contributed by atoms with Gasteiger partial charge in [0.2, 0.25) is 0 Å². The van der Waals surface area contributed by atoms with E-state index < -0.39 is 60.1 Å². The second-order valence-electron chi connectivity index (χ2n) is 12.2. The summed E-state index contributed by atoms with van der Waals surface area (Å²) >= 11 is 0. The Morgan fingerprint density at radius 2 is 1.74 bits per heavy atom. The summed E-state index contributed by atoms with van der Waals surface area (Å²) in [7, 11) is -3.93. The van der Waals surface area contributed by atoms with Gasteiger partial charge in [-0.2, -0.15) is 0 Å². The molecule has 3 saturated carbocycles. The third-order valence-electron chi connectivity index (χ3n) is 10.3. The smallest absolute Gasteiger partial charge is 0.790 e. The molecule has 2 amide bonds. The van der Waals surface area contributed by atoms with Crippen LogP contribution in [0.5, 0.6) is 5.75 Å². The molecule has 13 heteroatoms. The minimum Gasteiger partial charge on any atom is -0.790 e. The zero-order valence-corrected chi connectivity index (χ0v) is 30.5. The number of nitrogens with one attached hydrogen (secondary N) is 1. The van der Waals surface area contributed by atoms with E-state index in [1.54, 1.807) is 19.1 Å². The Bertz CT molecular complexity index is 1240. The molecule has 3 fully saturated rings. The third kappa shape index (κ3) is 6.84. The van der Waals surface area contributed by atoms with Gasteiger partial charge in [0.15, 0.2) is 0 Å². The van der Waals surface area contributed by atoms with E-state index >= 15 is 0 Å². The SMILES string of the molecule is C=C[C@]1(C)C[C@@H](OC(=O)NC(=O)c2ccc(OC)cc2)[C@]2(C)[C@H](C)CC[C@]3(CCC(=O)[C@@H]32)[C@@H](C)[C@@H]1OP(=O)([O-])[O-].[Na+].[Na+]. The number of rotatable bonds is 6. The number of alkyl carbamates (subject to hydrolysis) is 1. The van der Waals surface area contributed by atoms with Crippen LogP contribution in [0.15, 0.2) is 36.9 Å². The monoisotopic (exact) mass is 621 g/mol. The van der Waals surface area contributed by atoms with Gasteiger partial charge in [0.25, 0.3) is 5.91 Å². The molecule has 2 bridgehead atoms. The average Bonchev–Trinajstić information content (AvgIpc) is 3.25. The van der Waals surface area contributed by atoms with Crippen molar-refractivity contribution in [2.45, 2.75) is 72.0 Å². The van der Waals surface area contributed by atoms with Gasteiger partial charge in [-0.05, 0) is 67.2 Å². The molecule has 3 aliphatic rings. The first-order valence-corrected chi connectivity index (χ1v) is 15.1. The van der Waals surface area contributed by atoms with E-state index in [0.29, 0.717) is 31.4 Å². The Balaban J connectivity index is 0.00000308. The van der Waals surface area contributed by atoms with E-state index in [4.69, 9.17) is 14.0 Å². The first kappa shape index (κ1) is 37.7. The number of ether oxygens (including phenoxy) is 2. The number of carbonyl (C=O) groups is 3. The van der Waals surface area contributed by atoms with Crippen LogP contribution in [0.3, 0.4) is 0 Å². The summed E-state index contributed by atoms with van der Waals surface area (Å²) in [6.07, 6.45) is 0.724. The molecule has 1 aromatic rings. The van der Waals surface area contributed by atoms with E-state index in [1.807, 2.05) is 20.8 Å². The van der Waals surface area contributed by atoms with E-state index in [2.05, 4.69) is 11.9 Å². The number of Topliss-reactive ketones (excluding diaryl/α,β-unsaturated/α-hetero) is 1. The van der Waals surface area contributed by atoms with Crippen molar-refractivity contribution in [3.05, 3.63) is 42.5 Å². The summed E-state index contributed by atoms with van der Waals surface area (Å²) in [4.78, 5) is 63.5. The molecule has 4 rings (SSSR count). The Kier molecular flexibility index (Phi) is 12.4. The summed E-state index contributed by atoms with van der Waals surface area (Å²) in [5.41, 5.74) is -2.37. The summed E-state index contributed by atoms with van der Waals surface area (Å²) in [6, 6.07) is 6.20. The number of hydrogen-bond acceptors (Lipinski definition) is 9. The topological polar surface area (TPSA) is 154 Å². The van der Waals surface area contributed by atoms with E-state index in [9.17, 15) is 28.7 Å². The van der Waals surface area contributed by atoms with E-state index in [-0.39, 0.29) is 82.8 Å². The van der Waals surface area contributed by atoms with Gasteiger partial charge in [-0.15, -0.1) is 6.58 Å². The molecule has 0 aromatic heterocycles. The van der Waals surface area contributed by atoms with Crippen LogP contribution in [-0.4, -0.2) is 37.1 Å². The van der Waals surface area contributed by atoms with Gasteiger partial charge < -0.3 is 28.3 Å². The molecule has 10 nitrogen and oxygen atoms in total. The fourth-order valence-electron chi connectivity index (χ4n) is 7.90. The van der Waals surface area contributed by atoms with Gasteiger partial charge in [0, 0.05) is 28.7 Å². The van der Waals surface area contributed by atoms with Crippen molar-refractivity contribution in [1.82, 2.24) is 5.32 Å². The molecule has 3 aliphatic carbocycles. The summed E-state index contributed by atoms with van der Waals surface area (Å²) < 4.78 is 28.3. The number of methoxy groups -OCH3 is 1. The number of phosphoric ester groups is 1. The summed E-state index contributed by atoms with van der Waals surface area (Å²) in [6.45, 7) is 11.5. The fraction of sp³-hybridized carbons (Fsp3) is 0.621. The minimum absolute atomic E-state index is 0. The molecule has 220 valence electrons. The number of benzene rings is 1. The van der Waals surface area contributed by atoms with Crippen molar-refractivity contribution in [2.24, 2.45) is 34.0 Å². The molecule has 0 aliphatic heterocycles. The largest absolute Gasteiger partial charge is 1.00 e. The number of ketones is 1. The maximum atomic E-state index is 13.6. The van der Waals surface area contributed by atoms with Crippen LogP contribution in [0, 0.1) is 34.0 Å². The fourth-order valence-corrected chi connectivity index (χ4v) is 8.60. The summed E-state index contributed by atoms with van der Waals surface area (Å²) in [5, 5.41) is 2.27. The maximum absolute atomic E-state index is 13.6. The van der Waals surface area contributed by atoms with Gasteiger partial charge in [-0.3, -0.25) is 14.9 Å². The molecule has 42 heavy (non-hydrogen) atoms. The van der Waals surface area contributed by atoms with Crippen LogP contribution in [-0.2, 0) is 18.6 Å². The van der Waals surface area contributed by atoms with Gasteiger partial charge >= 0.3 is 65.2 Å². The third-order valence-corrected chi connectivity index (χ3v) is 10.8. The van der Waals surface area contributed by atoms with Crippen molar-refractivity contribution in [1.29, 1.82) is 0 Å². The predicted octanol–water partition coefficient (Wildman–Crippen LogP) is -2.21. The molecule has 8 atom stereocenters. The molecule has 0 radical (unpaired) electrons. The van der Waals surface area contributed by atoms with E-state index in [1.165, 1.54) is 25.3 Å². The second kappa shape index (κ2) is 13.9. The molecule has 0 saturated heterocycles. The van der Waals surface area contributed by atoms with Crippen molar-refractivity contribution >= 4 is 25.6 Å². The molecular weight excluding hydrogens is 583 g/mol. The molecule has 0 unspecified atom stereocenters. The Morgan fingerprint density at radius 3 is 2.29 bits per heavy atom. The number of phosphoric acid groups is 1. The van der Waals surface area contributed by atoms with Crippen molar-refractivity contribution in [3.8, 4) is 5.75 Å². The number of imide groups is 1. The summed E-state index contributed by atoms with van der Waals surface area (Å²) in [5.74, 6) is -1.16. The van der Waals surface area contributed by atoms with E-state index in [0.717, 1.165) is 0 Å². The molecule has 0 heterocycles. The van der Waals surface area contributed by atoms with Gasteiger partial charge in [-0.25, -0.2) is 4.79 Å². The van der Waals surface area contributed by atoms with Crippen molar-refractivity contribution < 1.29 is 102 Å². The number of amides is 2. The van der Waals surface area contributed by atoms with Gasteiger partial charge in [0.05, 0.1) is 21.0 Å². The Hall–Kier alpha value is -0.520. The minimum atomic E-state index is -5.43. The van der Waals surface area contributed by atoms with Crippen LogP contribution < -0.4 is 79.0 Å². The normalized spacial score (nSPS) is 35.7.